The smallest absolute Gasteiger partial charge is 0.252 e. The average Bonchev–Trinajstić information content (AvgIpc) is 2.78. The van der Waals surface area contributed by atoms with Crippen LogP contribution in [0.15, 0.2) is 54.9 Å². The molecule has 1 N–H and O–H groups in total. The normalized spacial score (nSPS) is 15.0. The minimum Gasteiger partial charge on any atom is -0.368 e. The van der Waals surface area contributed by atoms with Gasteiger partial charge in [0.1, 0.15) is 0 Å². The van der Waals surface area contributed by atoms with Crippen molar-refractivity contribution >= 4 is 17.7 Å². The first-order valence-electron chi connectivity index (χ1n) is 10.7. The number of piperazine rings is 1. The Hall–Kier alpha value is -2.66. The number of anilines is 1. The van der Waals surface area contributed by atoms with Crippen LogP contribution < -0.4 is 10.2 Å². The van der Waals surface area contributed by atoms with E-state index in [1.54, 1.807) is 6.20 Å². The maximum atomic E-state index is 12.3. The third-order valence-corrected chi connectivity index (χ3v) is 5.26. The SMILES string of the molecule is CCCCCNC(=O)c1cncc(N2CCN(C/C=C/c3ccccc3)CC2)c1. The molecule has 0 spiro atoms. The van der Waals surface area contributed by atoms with Crippen LogP contribution in [0.2, 0.25) is 0 Å². The molecule has 5 heteroatoms. The lowest BCUT2D eigenvalue weighted by molar-refractivity contribution is 0.0952. The zero-order valence-electron chi connectivity index (χ0n) is 17.4. The van der Waals surface area contributed by atoms with Crippen molar-refractivity contribution in [3.8, 4) is 0 Å². The maximum absolute atomic E-state index is 12.3. The van der Waals surface area contributed by atoms with Crippen LogP contribution in [-0.4, -0.2) is 55.1 Å². The Morgan fingerprint density at radius 3 is 2.66 bits per heavy atom. The zero-order valence-corrected chi connectivity index (χ0v) is 17.4. The number of unbranched alkanes of at least 4 members (excludes halogenated alkanes) is 2. The van der Waals surface area contributed by atoms with Crippen LogP contribution in [0.5, 0.6) is 0 Å². The summed E-state index contributed by atoms with van der Waals surface area (Å²) < 4.78 is 0. The summed E-state index contributed by atoms with van der Waals surface area (Å²) in [5, 5.41) is 2.99. The summed E-state index contributed by atoms with van der Waals surface area (Å²) in [5.41, 5.74) is 2.92. The van der Waals surface area contributed by atoms with E-state index in [2.05, 4.69) is 63.4 Å². The third kappa shape index (κ3) is 6.71. The molecule has 1 saturated heterocycles. The largest absolute Gasteiger partial charge is 0.368 e. The monoisotopic (exact) mass is 392 g/mol. The first kappa shape index (κ1) is 21.1. The van der Waals surface area contributed by atoms with E-state index < -0.39 is 0 Å². The molecule has 1 fully saturated rings. The van der Waals surface area contributed by atoms with Gasteiger partial charge in [-0.3, -0.25) is 14.7 Å². The molecule has 1 amide bonds. The van der Waals surface area contributed by atoms with E-state index >= 15 is 0 Å². The van der Waals surface area contributed by atoms with E-state index in [0.29, 0.717) is 5.56 Å². The van der Waals surface area contributed by atoms with Gasteiger partial charge in [-0.25, -0.2) is 0 Å². The molecule has 0 aliphatic carbocycles. The van der Waals surface area contributed by atoms with E-state index in [1.807, 2.05) is 18.3 Å². The van der Waals surface area contributed by atoms with Crippen molar-refractivity contribution in [1.29, 1.82) is 0 Å². The molecule has 0 bridgehead atoms. The first-order chi connectivity index (χ1) is 14.3. The van der Waals surface area contributed by atoms with Crippen LogP contribution in [0.4, 0.5) is 5.69 Å². The number of carbonyl (C=O) groups is 1. The van der Waals surface area contributed by atoms with Crippen LogP contribution >= 0.6 is 0 Å². The van der Waals surface area contributed by atoms with Crippen molar-refractivity contribution < 1.29 is 4.79 Å². The Kier molecular flexibility index (Phi) is 8.25. The molecular weight excluding hydrogens is 360 g/mol. The Labute approximate surface area is 174 Å². The molecule has 0 radical (unpaired) electrons. The molecule has 1 aromatic heterocycles. The second-order valence-corrected chi connectivity index (χ2v) is 7.50. The van der Waals surface area contributed by atoms with Gasteiger partial charge in [0, 0.05) is 45.5 Å². The number of aromatic nitrogens is 1. The molecule has 5 nitrogen and oxygen atoms in total. The number of hydrogen-bond donors (Lipinski definition) is 1. The van der Waals surface area contributed by atoms with Gasteiger partial charge in [-0.15, -0.1) is 0 Å². The van der Waals surface area contributed by atoms with Crippen molar-refractivity contribution in [3.05, 3.63) is 66.0 Å². The summed E-state index contributed by atoms with van der Waals surface area (Å²) >= 11 is 0. The summed E-state index contributed by atoms with van der Waals surface area (Å²) in [6.45, 7) is 7.76. The van der Waals surface area contributed by atoms with Crippen molar-refractivity contribution in [2.45, 2.75) is 26.2 Å². The fraction of sp³-hybridized carbons (Fsp3) is 0.417. The van der Waals surface area contributed by atoms with Gasteiger partial charge in [0.15, 0.2) is 0 Å². The number of nitrogens with one attached hydrogen (secondary N) is 1. The molecule has 0 saturated carbocycles. The number of carbonyl (C=O) groups excluding carboxylic acids is 1. The minimum absolute atomic E-state index is 0.0276. The molecule has 29 heavy (non-hydrogen) atoms. The Morgan fingerprint density at radius 1 is 1.10 bits per heavy atom. The van der Waals surface area contributed by atoms with Crippen LogP contribution in [-0.2, 0) is 0 Å². The van der Waals surface area contributed by atoms with E-state index in [9.17, 15) is 4.79 Å². The highest BCUT2D eigenvalue weighted by atomic mass is 16.1. The van der Waals surface area contributed by atoms with Gasteiger partial charge in [0.05, 0.1) is 17.4 Å². The second kappa shape index (κ2) is 11.4. The van der Waals surface area contributed by atoms with Gasteiger partial charge in [0.25, 0.3) is 5.91 Å². The quantitative estimate of drug-likeness (QED) is 0.659. The zero-order chi connectivity index (χ0) is 20.3. The molecule has 3 rings (SSSR count). The lowest BCUT2D eigenvalue weighted by atomic mass is 10.2. The highest BCUT2D eigenvalue weighted by Crippen LogP contribution is 2.17. The fourth-order valence-corrected chi connectivity index (χ4v) is 3.49. The van der Waals surface area contributed by atoms with Crippen LogP contribution in [0.25, 0.3) is 6.08 Å². The Bertz CT molecular complexity index is 782. The number of nitrogens with zero attached hydrogens (tertiary/aromatic N) is 3. The van der Waals surface area contributed by atoms with Gasteiger partial charge in [-0.1, -0.05) is 62.2 Å². The van der Waals surface area contributed by atoms with E-state index in [1.165, 1.54) is 5.56 Å². The predicted molar refractivity (Wildman–Crippen MR) is 120 cm³/mol. The van der Waals surface area contributed by atoms with E-state index in [-0.39, 0.29) is 5.91 Å². The predicted octanol–water partition coefficient (Wildman–Crippen LogP) is 3.84. The van der Waals surface area contributed by atoms with Crippen LogP contribution in [0, 0.1) is 0 Å². The maximum Gasteiger partial charge on any atom is 0.252 e. The van der Waals surface area contributed by atoms with Gasteiger partial charge in [-0.2, -0.15) is 0 Å². The van der Waals surface area contributed by atoms with Gasteiger partial charge < -0.3 is 10.2 Å². The molecule has 0 unspecified atom stereocenters. The topological polar surface area (TPSA) is 48.5 Å². The van der Waals surface area contributed by atoms with Crippen LogP contribution in [0.1, 0.15) is 42.1 Å². The molecular formula is C24H32N4O. The number of hydrogen-bond acceptors (Lipinski definition) is 4. The van der Waals surface area contributed by atoms with Crippen molar-refractivity contribution in [1.82, 2.24) is 15.2 Å². The summed E-state index contributed by atoms with van der Waals surface area (Å²) in [6, 6.07) is 12.4. The number of amides is 1. The lowest BCUT2D eigenvalue weighted by Crippen LogP contribution is -2.46. The second-order valence-electron chi connectivity index (χ2n) is 7.50. The van der Waals surface area contributed by atoms with Crippen molar-refractivity contribution in [2.75, 3.05) is 44.2 Å². The third-order valence-electron chi connectivity index (χ3n) is 5.26. The number of benzene rings is 1. The lowest BCUT2D eigenvalue weighted by Gasteiger charge is -2.35. The van der Waals surface area contributed by atoms with Crippen molar-refractivity contribution in [2.24, 2.45) is 0 Å². The molecule has 1 aliphatic rings. The summed E-state index contributed by atoms with van der Waals surface area (Å²) in [4.78, 5) is 21.4. The summed E-state index contributed by atoms with van der Waals surface area (Å²) in [7, 11) is 0. The first-order valence-corrected chi connectivity index (χ1v) is 10.7. The van der Waals surface area contributed by atoms with Gasteiger partial charge in [0.2, 0.25) is 0 Å². The highest BCUT2D eigenvalue weighted by Gasteiger charge is 2.17. The number of pyridine rings is 1. The van der Waals surface area contributed by atoms with Gasteiger partial charge in [-0.05, 0) is 18.1 Å². The highest BCUT2D eigenvalue weighted by molar-refractivity contribution is 5.94. The molecule has 1 aliphatic heterocycles. The van der Waals surface area contributed by atoms with Crippen molar-refractivity contribution in [3.63, 3.8) is 0 Å². The standard InChI is InChI=1S/C24H32N4O/c1-2-3-7-12-26-24(29)22-18-23(20-25-19-22)28-16-14-27(15-17-28)13-8-11-21-9-5-4-6-10-21/h4-6,8-11,18-20H,2-3,7,12-17H2,1H3,(H,26,29)/b11-8+. The fourth-order valence-electron chi connectivity index (χ4n) is 3.49. The molecule has 0 atom stereocenters. The summed E-state index contributed by atoms with van der Waals surface area (Å²) in [6.07, 6.45) is 11.2. The van der Waals surface area contributed by atoms with Crippen LogP contribution in [0.3, 0.4) is 0 Å². The van der Waals surface area contributed by atoms with E-state index in [0.717, 1.165) is 64.2 Å². The number of rotatable bonds is 9. The Morgan fingerprint density at radius 2 is 1.90 bits per heavy atom. The molecule has 154 valence electrons. The molecule has 1 aromatic carbocycles. The molecule has 2 heterocycles. The Balaban J connectivity index is 1.46. The molecule has 2 aromatic rings. The average molecular weight is 393 g/mol. The van der Waals surface area contributed by atoms with E-state index in [4.69, 9.17) is 0 Å². The van der Waals surface area contributed by atoms with Gasteiger partial charge >= 0.3 is 0 Å². The minimum atomic E-state index is -0.0276. The summed E-state index contributed by atoms with van der Waals surface area (Å²) in [5.74, 6) is -0.0276.